The van der Waals surface area contributed by atoms with Crippen molar-refractivity contribution in [3.05, 3.63) is 53.6 Å². The molecule has 1 saturated heterocycles. The highest BCUT2D eigenvalue weighted by atomic mass is 19.1. The number of hydrogen-bond donors (Lipinski definition) is 0. The maximum Gasteiger partial charge on any atom is 0.223 e. The zero-order chi connectivity index (χ0) is 16.2. The van der Waals surface area contributed by atoms with Gasteiger partial charge in [-0.3, -0.25) is 9.48 Å². The summed E-state index contributed by atoms with van der Waals surface area (Å²) in [6, 6.07) is 6.62. The van der Waals surface area contributed by atoms with Gasteiger partial charge in [0, 0.05) is 26.2 Å². The van der Waals surface area contributed by atoms with Crippen molar-refractivity contribution in [2.75, 3.05) is 6.54 Å². The number of aromatic nitrogens is 2. The van der Waals surface area contributed by atoms with Gasteiger partial charge in [-0.15, -0.1) is 0 Å². The Morgan fingerprint density at radius 1 is 1.30 bits per heavy atom. The van der Waals surface area contributed by atoms with E-state index in [9.17, 15) is 9.18 Å². The third kappa shape index (κ3) is 3.78. The Bertz CT molecular complexity index is 665. The molecular formula is C18H22FN3O. The van der Waals surface area contributed by atoms with Gasteiger partial charge in [0.25, 0.3) is 0 Å². The first kappa shape index (κ1) is 15.7. The molecule has 23 heavy (non-hydrogen) atoms. The van der Waals surface area contributed by atoms with Crippen LogP contribution in [0.5, 0.6) is 0 Å². The van der Waals surface area contributed by atoms with E-state index in [1.165, 1.54) is 12.1 Å². The third-order valence-corrected chi connectivity index (χ3v) is 4.46. The van der Waals surface area contributed by atoms with Crippen LogP contribution in [0.2, 0.25) is 0 Å². The summed E-state index contributed by atoms with van der Waals surface area (Å²) in [5.74, 6) is -0.0677. The lowest BCUT2D eigenvalue weighted by Crippen LogP contribution is -2.38. The standard InChI is InChI=1S/C18H22FN3O/c1-21-13-14(12-20-21)5-10-18(23)22-11-3-2-4-17(22)15-6-8-16(19)9-7-15/h6-9,12-13,17H,2-5,10-11H2,1H3/t17-/m0/s1. The lowest BCUT2D eigenvalue weighted by molar-refractivity contribution is -0.135. The summed E-state index contributed by atoms with van der Waals surface area (Å²) < 4.78 is 14.9. The maximum absolute atomic E-state index is 13.1. The Hall–Kier alpha value is -2.17. The van der Waals surface area contributed by atoms with Gasteiger partial charge in [0.1, 0.15) is 5.82 Å². The molecule has 1 atom stereocenters. The molecule has 122 valence electrons. The van der Waals surface area contributed by atoms with Crippen LogP contribution in [0.1, 0.15) is 42.9 Å². The van der Waals surface area contributed by atoms with Crippen LogP contribution in [0.25, 0.3) is 0 Å². The summed E-state index contributed by atoms with van der Waals surface area (Å²) in [6.45, 7) is 0.786. The fraction of sp³-hybridized carbons (Fsp3) is 0.444. The minimum atomic E-state index is -0.237. The third-order valence-electron chi connectivity index (χ3n) is 4.46. The molecule has 2 heterocycles. The first-order valence-corrected chi connectivity index (χ1v) is 8.16. The van der Waals surface area contributed by atoms with Crippen molar-refractivity contribution in [2.45, 2.75) is 38.1 Å². The van der Waals surface area contributed by atoms with Gasteiger partial charge < -0.3 is 4.90 Å². The molecule has 1 aliphatic rings. The fourth-order valence-corrected chi connectivity index (χ4v) is 3.26. The fourth-order valence-electron chi connectivity index (χ4n) is 3.26. The average Bonchev–Trinajstić information content (AvgIpc) is 2.99. The predicted molar refractivity (Wildman–Crippen MR) is 86.2 cm³/mol. The van der Waals surface area contributed by atoms with Crippen molar-refractivity contribution >= 4 is 5.91 Å². The SMILES string of the molecule is Cn1cc(CCC(=O)N2CCCC[C@H]2c2ccc(F)cc2)cn1. The maximum atomic E-state index is 13.1. The Morgan fingerprint density at radius 2 is 2.09 bits per heavy atom. The van der Waals surface area contributed by atoms with Gasteiger partial charge in [0.05, 0.1) is 12.2 Å². The molecule has 1 fully saturated rings. The second-order valence-electron chi connectivity index (χ2n) is 6.17. The molecule has 1 aromatic carbocycles. The first-order chi connectivity index (χ1) is 11.1. The highest BCUT2D eigenvalue weighted by Crippen LogP contribution is 2.31. The first-order valence-electron chi connectivity index (χ1n) is 8.16. The van der Waals surface area contributed by atoms with Gasteiger partial charge in [-0.1, -0.05) is 12.1 Å². The lowest BCUT2D eigenvalue weighted by atomic mass is 9.94. The van der Waals surface area contributed by atoms with Gasteiger partial charge in [0.2, 0.25) is 5.91 Å². The Labute approximate surface area is 135 Å². The quantitative estimate of drug-likeness (QED) is 0.868. The van der Waals surface area contributed by atoms with Crippen LogP contribution in [-0.4, -0.2) is 27.1 Å². The summed E-state index contributed by atoms with van der Waals surface area (Å²) in [5, 5.41) is 4.13. The molecule has 3 rings (SSSR count). The van der Waals surface area contributed by atoms with E-state index in [1.807, 2.05) is 18.1 Å². The highest BCUT2D eigenvalue weighted by Gasteiger charge is 2.27. The Kier molecular flexibility index (Phi) is 4.74. The van der Waals surface area contributed by atoms with E-state index >= 15 is 0 Å². The number of hydrogen-bond acceptors (Lipinski definition) is 2. The Balaban J connectivity index is 1.67. The van der Waals surface area contributed by atoms with E-state index in [1.54, 1.807) is 23.0 Å². The zero-order valence-electron chi connectivity index (χ0n) is 13.4. The minimum absolute atomic E-state index is 0.0748. The van der Waals surface area contributed by atoms with E-state index in [-0.39, 0.29) is 17.8 Å². The smallest absolute Gasteiger partial charge is 0.223 e. The van der Waals surface area contributed by atoms with Crippen LogP contribution in [-0.2, 0) is 18.3 Å². The molecule has 2 aromatic rings. The van der Waals surface area contributed by atoms with Crippen LogP contribution in [0.4, 0.5) is 4.39 Å². The molecule has 0 spiro atoms. The van der Waals surface area contributed by atoms with Crippen LogP contribution >= 0.6 is 0 Å². The largest absolute Gasteiger partial charge is 0.336 e. The summed E-state index contributed by atoms with van der Waals surface area (Å²) >= 11 is 0. The second-order valence-corrected chi connectivity index (χ2v) is 6.17. The second kappa shape index (κ2) is 6.94. The lowest BCUT2D eigenvalue weighted by Gasteiger charge is -2.36. The van der Waals surface area contributed by atoms with Gasteiger partial charge in [-0.2, -0.15) is 5.10 Å². The average molecular weight is 315 g/mol. The minimum Gasteiger partial charge on any atom is -0.336 e. The summed E-state index contributed by atoms with van der Waals surface area (Å²) in [7, 11) is 1.88. The Morgan fingerprint density at radius 3 is 2.78 bits per heavy atom. The van der Waals surface area contributed by atoms with Crippen LogP contribution in [0.15, 0.2) is 36.7 Å². The van der Waals surface area contributed by atoms with E-state index in [0.29, 0.717) is 12.8 Å². The number of halogens is 1. The number of carbonyl (C=O) groups excluding carboxylic acids is 1. The molecule has 0 unspecified atom stereocenters. The molecule has 4 nitrogen and oxygen atoms in total. The number of likely N-dealkylation sites (tertiary alicyclic amines) is 1. The van der Waals surface area contributed by atoms with E-state index in [4.69, 9.17) is 0 Å². The van der Waals surface area contributed by atoms with Crippen molar-refractivity contribution < 1.29 is 9.18 Å². The zero-order valence-corrected chi connectivity index (χ0v) is 13.4. The van der Waals surface area contributed by atoms with Crippen molar-refractivity contribution in [2.24, 2.45) is 7.05 Å². The van der Waals surface area contributed by atoms with Crippen molar-refractivity contribution in [3.63, 3.8) is 0 Å². The molecule has 1 aromatic heterocycles. The van der Waals surface area contributed by atoms with Crippen LogP contribution in [0.3, 0.4) is 0 Å². The van der Waals surface area contributed by atoms with Crippen molar-refractivity contribution in [3.8, 4) is 0 Å². The highest BCUT2D eigenvalue weighted by molar-refractivity contribution is 5.77. The molecule has 0 aliphatic carbocycles. The summed E-state index contributed by atoms with van der Waals surface area (Å²) in [5.41, 5.74) is 2.11. The molecule has 0 N–H and O–H groups in total. The van der Waals surface area contributed by atoms with E-state index < -0.39 is 0 Å². The number of benzene rings is 1. The summed E-state index contributed by atoms with van der Waals surface area (Å²) in [4.78, 5) is 14.6. The normalized spacial score (nSPS) is 18.2. The number of aryl methyl sites for hydroxylation is 2. The van der Waals surface area contributed by atoms with E-state index in [2.05, 4.69) is 5.10 Å². The number of rotatable bonds is 4. The number of nitrogens with zero attached hydrogens (tertiary/aromatic N) is 3. The molecular weight excluding hydrogens is 293 g/mol. The molecule has 0 radical (unpaired) electrons. The summed E-state index contributed by atoms with van der Waals surface area (Å²) in [6.07, 6.45) is 8.04. The predicted octanol–water partition coefficient (Wildman–Crippen LogP) is 3.25. The van der Waals surface area contributed by atoms with Gasteiger partial charge in [-0.05, 0) is 48.9 Å². The van der Waals surface area contributed by atoms with Crippen LogP contribution in [0, 0.1) is 5.82 Å². The number of carbonyl (C=O) groups is 1. The number of amides is 1. The van der Waals surface area contributed by atoms with Crippen LogP contribution < -0.4 is 0 Å². The van der Waals surface area contributed by atoms with Gasteiger partial charge in [0.15, 0.2) is 0 Å². The van der Waals surface area contributed by atoms with Crippen molar-refractivity contribution in [1.82, 2.24) is 14.7 Å². The number of piperidine rings is 1. The van der Waals surface area contributed by atoms with Crippen molar-refractivity contribution in [1.29, 1.82) is 0 Å². The topological polar surface area (TPSA) is 38.1 Å². The van der Waals surface area contributed by atoms with Gasteiger partial charge >= 0.3 is 0 Å². The molecule has 0 bridgehead atoms. The molecule has 0 saturated carbocycles. The molecule has 5 heteroatoms. The van der Waals surface area contributed by atoms with E-state index in [0.717, 1.165) is 36.9 Å². The monoisotopic (exact) mass is 315 g/mol. The molecule has 1 amide bonds. The van der Waals surface area contributed by atoms with Gasteiger partial charge in [-0.25, -0.2) is 4.39 Å². The molecule has 1 aliphatic heterocycles.